The van der Waals surface area contributed by atoms with Crippen LogP contribution in [0.1, 0.15) is 11.3 Å². The van der Waals surface area contributed by atoms with Gasteiger partial charge in [-0.2, -0.15) is 17.5 Å². The van der Waals surface area contributed by atoms with Gasteiger partial charge in [-0.3, -0.25) is 4.98 Å². The molecule has 1 aliphatic rings. The first kappa shape index (κ1) is 21.9. The van der Waals surface area contributed by atoms with Crippen LogP contribution in [-0.4, -0.2) is 43.9 Å². The first-order chi connectivity index (χ1) is 14.6. The Morgan fingerprint density at radius 1 is 1.00 bits per heavy atom. The molecule has 5 nitrogen and oxygen atoms in total. The predicted molar refractivity (Wildman–Crippen MR) is 114 cm³/mol. The number of nitrogens with zero attached hydrogens (tertiary/aromatic N) is 3. The lowest BCUT2D eigenvalue weighted by molar-refractivity contribution is -0.137. The molecule has 1 fully saturated rings. The summed E-state index contributed by atoms with van der Waals surface area (Å²) >= 11 is 5.72. The summed E-state index contributed by atoms with van der Waals surface area (Å²) in [5.74, 6) is 0. The number of fused-ring (bicyclic) bond motifs is 1. The number of aromatic nitrogens is 1. The molecule has 0 amide bonds. The Hall–Kier alpha value is -2.36. The molecule has 0 atom stereocenters. The van der Waals surface area contributed by atoms with Gasteiger partial charge in [-0.1, -0.05) is 29.8 Å². The van der Waals surface area contributed by atoms with E-state index in [2.05, 4.69) is 9.88 Å². The van der Waals surface area contributed by atoms with Crippen LogP contribution < -0.4 is 4.90 Å². The fourth-order valence-electron chi connectivity index (χ4n) is 3.75. The molecule has 1 aromatic heterocycles. The molecule has 0 N–H and O–H groups in total. The van der Waals surface area contributed by atoms with E-state index in [1.165, 1.54) is 4.31 Å². The molecule has 164 valence electrons. The number of halogens is 4. The first-order valence-electron chi connectivity index (χ1n) is 9.55. The molecular weight excluding hydrogens is 451 g/mol. The predicted octanol–water partition coefficient (Wildman–Crippen LogP) is 4.73. The van der Waals surface area contributed by atoms with E-state index in [-0.39, 0.29) is 18.0 Å². The smallest absolute Gasteiger partial charge is 0.368 e. The molecule has 1 aliphatic heterocycles. The van der Waals surface area contributed by atoms with Gasteiger partial charge in [0.25, 0.3) is 0 Å². The Kier molecular flexibility index (Phi) is 5.61. The third kappa shape index (κ3) is 4.22. The summed E-state index contributed by atoms with van der Waals surface area (Å²) in [7, 11) is -3.96. The molecule has 0 unspecified atom stereocenters. The van der Waals surface area contributed by atoms with Gasteiger partial charge in [0, 0.05) is 42.9 Å². The van der Waals surface area contributed by atoms with E-state index in [1.54, 1.807) is 0 Å². The van der Waals surface area contributed by atoms with E-state index in [4.69, 9.17) is 11.6 Å². The number of benzene rings is 2. The summed E-state index contributed by atoms with van der Waals surface area (Å²) in [6.45, 7) is 3.21. The van der Waals surface area contributed by atoms with Gasteiger partial charge >= 0.3 is 6.18 Å². The van der Waals surface area contributed by atoms with E-state index < -0.39 is 26.8 Å². The minimum Gasteiger partial charge on any atom is -0.368 e. The highest BCUT2D eigenvalue weighted by Crippen LogP contribution is 2.36. The lowest BCUT2D eigenvalue weighted by Crippen LogP contribution is -2.48. The Morgan fingerprint density at radius 2 is 1.68 bits per heavy atom. The number of hydrogen-bond donors (Lipinski definition) is 0. The first-order valence-corrected chi connectivity index (χ1v) is 11.4. The van der Waals surface area contributed by atoms with E-state index in [0.717, 1.165) is 34.4 Å². The molecule has 4 rings (SSSR count). The second kappa shape index (κ2) is 7.96. The topological polar surface area (TPSA) is 53.5 Å². The number of piperazine rings is 1. The van der Waals surface area contributed by atoms with Crippen molar-refractivity contribution in [1.29, 1.82) is 0 Å². The zero-order valence-electron chi connectivity index (χ0n) is 16.5. The van der Waals surface area contributed by atoms with Gasteiger partial charge in [-0.25, -0.2) is 8.42 Å². The highest BCUT2D eigenvalue weighted by Gasteiger charge is 2.35. The maximum atomic E-state index is 13.0. The summed E-state index contributed by atoms with van der Waals surface area (Å²) in [6.07, 6.45) is -4.64. The van der Waals surface area contributed by atoms with Crippen LogP contribution in [0.4, 0.5) is 18.9 Å². The number of sulfonamides is 1. The minimum atomic E-state index is -4.64. The van der Waals surface area contributed by atoms with Crippen molar-refractivity contribution in [2.75, 3.05) is 31.1 Å². The van der Waals surface area contributed by atoms with Crippen molar-refractivity contribution >= 4 is 38.2 Å². The summed E-state index contributed by atoms with van der Waals surface area (Å²) < 4.78 is 66.0. The normalized spacial score (nSPS) is 16.1. The van der Waals surface area contributed by atoms with Crippen LogP contribution in [0.5, 0.6) is 0 Å². The van der Waals surface area contributed by atoms with Crippen LogP contribution >= 0.6 is 11.6 Å². The maximum Gasteiger partial charge on any atom is 0.417 e. The molecule has 3 aromatic rings. The van der Waals surface area contributed by atoms with Crippen molar-refractivity contribution in [1.82, 2.24) is 9.29 Å². The van der Waals surface area contributed by atoms with E-state index >= 15 is 0 Å². The molecular formula is C21H19ClF3N3O2S. The number of para-hydroxylation sites is 1. The summed E-state index contributed by atoms with van der Waals surface area (Å²) in [5, 5.41) is 0.352. The van der Waals surface area contributed by atoms with Crippen molar-refractivity contribution in [2.45, 2.75) is 18.0 Å². The second-order valence-corrected chi connectivity index (χ2v) is 9.68. The quantitative estimate of drug-likeness (QED) is 0.556. The van der Waals surface area contributed by atoms with Crippen LogP contribution in [0.15, 0.2) is 53.4 Å². The monoisotopic (exact) mass is 469 g/mol. The molecule has 0 saturated carbocycles. The molecule has 1 saturated heterocycles. The fraction of sp³-hybridized carbons (Fsp3) is 0.286. The van der Waals surface area contributed by atoms with Crippen LogP contribution in [-0.2, 0) is 16.2 Å². The van der Waals surface area contributed by atoms with Gasteiger partial charge in [0.2, 0.25) is 10.0 Å². The highest BCUT2D eigenvalue weighted by atomic mass is 35.5. The van der Waals surface area contributed by atoms with Crippen LogP contribution in [0, 0.1) is 6.92 Å². The summed E-state index contributed by atoms with van der Waals surface area (Å²) in [6, 6.07) is 12.3. The van der Waals surface area contributed by atoms with Gasteiger partial charge < -0.3 is 4.90 Å². The SMILES string of the molecule is Cc1cc(N2CCN(S(=O)(=O)c3ccc(C(F)(F)F)c(Cl)c3)CC2)c2ccccc2n1. The Balaban J connectivity index is 1.56. The number of pyridine rings is 1. The van der Waals surface area contributed by atoms with Gasteiger partial charge in [0.15, 0.2) is 0 Å². The number of aryl methyl sites for hydroxylation is 1. The van der Waals surface area contributed by atoms with Crippen LogP contribution in [0.3, 0.4) is 0 Å². The zero-order chi connectivity index (χ0) is 22.4. The van der Waals surface area contributed by atoms with Crippen LogP contribution in [0.2, 0.25) is 5.02 Å². The van der Waals surface area contributed by atoms with Crippen molar-refractivity contribution in [2.24, 2.45) is 0 Å². The summed E-state index contributed by atoms with van der Waals surface area (Å²) in [5.41, 5.74) is 1.66. The standard InChI is InChI=1S/C21H19ClF3N3O2S/c1-14-12-20(16-4-2-3-5-19(16)26-14)27-8-10-28(11-9-27)31(29,30)15-6-7-17(18(22)13-15)21(23,24)25/h2-7,12-13H,8-11H2,1H3. The number of alkyl halides is 3. The molecule has 2 aromatic carbocycles. The van der Waals surface area contributed by atoms with E-state index in [1.807, 2.05) is 37.3 Å². The molecule has 2 heterocycles. The molecule has 10 heteroatoms. The average Bonchev–Trinajstić information content (AvgIpc) is 2.72. The molecule has 0 spiro atoms. The third-order valence-electron chi connectivity index (χ3n) is 5.29. The van der Waals surface area contributed by atoms with Crippen molar-refractivity contribution in [3.63, 3.8) is 0 Å². The molecule has 0 radical (unpaired) electrons. The lowest BCUT2D eigenvalue weighted by Gasteiger charge is -2.36. The van der Waals surface area contributed by atoms with Crippen molar-refractivity contribution in [3.8, 4) is 0 Å². The lowest BCUT2D eigenvalue weighted by atomic mass is 10.1. The third-order valence-corrected chi connectivity index (χ3v) is 7.49. The molecule has 0 aliphatic carbocycles. The number of hydrogen-bond acceptors (Lipinski definition) is 4. The van der Waals surface area contributed by atoms with Gasteiger partial charge in [0.1, 0.15) is 0 Å². The van der Waals surface area contributed by atoms with Gasteiger partial charge in [-0.15, -0.1) is 0 Å². The second-order valence-electron chi connectivity index (χ2n) is 7.33. The molecule has 31 heavy (non-hydrogen) atoms. The van der Waals surface area contributed by atoms with Gasteiger partial charge in [-0.05, 0) is 37.3 Å². The fourth-order valence-corrected chi connectivity index (χ4v) is 5.55. The maximum absolute atomic E-state index is 13.0. The molecule has 0 bridgehead atoms. The van der Waals surface area contributed by atoms with E-state index in [9.17, 15) is 21.6 Å². The van der Waals surface area contributed by atoms with Gasteiger partial charge in [0.05, 0.1) is 21.0 Å². The average molecular weight is 470 g/mol. The summed E-state index contributed by atoms with van der Waals surface area (Å²) in [4.78, 5) is 6.39. The van der Waals surface area contributed by atoms with Crippen molar-refractivity contribution < 1.29 is 21.6 Å². The largest absolute Gasteiger partial charge is 0.417 e. The highest BCUT2D eigenvalue weighted by molar-refractivity contribution is 7.89. The van der Waals surface area contributed by atoms with Crippen LogP contribution in [0.25, 0.3) is 10.9 Å². The number of anilines is 1. The zero-order valence-corrected chi connectivity index (χ0v) is 18.1. The Morgan fingerprint density at radius 3 is 2.32 bits per heavy atom. The Labute approximate surface area is 183 Å². The number of rotatable bonds is 3. The minimum absolute atomic E-state index is 0.205. The Bertz CT molecular complexity index is 1240. The van der Waals surface area contributed by atoms with E-state index in [0.29, 0.717) is 19.2 Å². The van der Waals surface area contributed by atoms with Crippen molar-refractivity contribution in [3.05, 3.63) is 64.8 Å².